The number of ether oxygens (including phenoxy) is 1. The molecule has 136 valence electrons. The van der Waals surface area contributed by atoms with Crippen molar-refractivity contribution in [2.24, 2.45) is 0 Å². The standard InChI is InChI=1S/C21H21N5O/c1-14-11-20-21(22-7-10-26(20)24-14)25-8-5-15(6-9-25)18-13-23-19-4-3-16(27-2)12-17(18)19/h3-5,7,10-13,23H,6,8-9H2,1-2H3. The van der Waals surface area contributed by atoms with E-state index >= 15 is 0 Å². The molecule has 6 nitrogen and oxygen atoms in total. The summed E-state index contributed by atoms with van der Waals surface area (Å²) in [7, 11) is 1.71. The minimum absolute atomic E-state index is 0.836. The van der Waals surface area contributed by atoms with Crippen molar-refractivity contribution in [1.29, 1.82) is 0 Å². The first-order valence-corrected chi connectivity index (χ1v) is 9.13. The fourth-order valence-electron chi connectivity index (χ4n) is 3.87. The van der Waals surface area contributed by atoms with Gasteiger partial charge in [-0.3, -0.25) is 0 Å². The molecule has 0 saturated carbocycles. The molecule has 1 aromatic carbocycles. The summed E-state index contributed by atoms with van der Waals surface area (Å²) in [5.74, 6) is 1.88. The number of aryl methyl sites for hydroxylation is 1. The van der Waals surface area contributed by atoms with E-state index in [1.54, 1.807) is 7.11 Å². The van der Waals surface area contributed by atoms with Gasteiger partial charge in [0, 0.05) is 48.1 Å². The van der Waals surface area contributed by atoms with Crippen molar-refractivity contribution in [2.75, 3.05) is 25.1 Å². The topological polar surface area (TPSA) is 58.5 Å². The molecule has 0 amide bonds. The molecule has 3 aromatic heterocycles. The van der Waals surface area contributed by atoms with Crippen LogP contribution in [0.25, 0.3) is 22.0 Å². The van der Waals surface area contributed by atoms with Crippen molar-refractivity contribution in [3.8, 4) is 5.75 Å². The lowest BCUT2D eigenvalue weighted by molar-refractivity contribution is 0.415. The molecule has 0 spiro atoms. The van der Waals surface area contributed by atoms with Crippen molar-refractivity contribution in [2.45, 2.75) is 13.3 Å². The van der Waals surface area contributed by atoms with Gasteiger partial charge in [-0.2, -0.15) is 5.10 Å². The van der Waals surface area contributed by atoms with Gasteiger partial charge in [0.1, 0.15) is 11.3 Å². The van der Waals surface area contributed by atoms with E-state index in [-0.39, 0.29) is 0 Å². The van der Waals surface area contributed by atoms with Crippen molar-refractivity contribution in [3.05, 3.63) is 60.2 Å². The fraction of sp³-hybridized carbons (Fsp3) is 0.238. The van der Waals surface area contributed by atoms with Crippen LogP contribution >= 0.6 is 0 Å². The number of methoxy groups -OCH3 is 1. The lowest BCUT2D eigenvalue weighted by atomic mass is 9.99. The van der Waals surface area contributed by atoms with Gasteiger partial charge in [0.15, 0.2) is 5.82 Å². The number of aromatic nitrogens is 4. The Morgan fingerprint density at radius 3 is 2.96 bits per heavy atom. The smallest absolute Gasteiger partial charge is 0.154 e. The van der Waals surface area contributed by atoms with Crippen LogP contribution in [0.1, 0.15) is 17.7 Å². The molecule has 5 rings (SSSR count). The lowest BCUT2D eigenvalue weighted by Crippen LogP contribution is -2.29. The highest BCUT2D eigenvalue weighted by molar-refractivity contribution is 5.94. The predicted molar refractivity (Wildman–Crippen MR) is 107 cm³/mol. The van der Waals surface area contributed by atoms with Crippen LogP contribution in [0, 0.1) is 6.92 Å². The molecule has 1 aliphatic rings. The number of hydrogen-bond acceptors (Lipinski definition) is 4. The summed E-state index contributed by atoms with van der Waals surface area (Å²) >= 11 is 0. The van der Waals surface area contributed by atoms with E-state index in [9.17, 15) is 0 Å². The maximum absolute atomic E-state index is 5.39. The molecule has 0 saturated heterocycles. The highest BCUT2D eigenvalue weighted by Crippen LogP contribution is 2.32. The van der Waals surface area contributed by atoms with Crippen LogP contribution in [0.15, 0.2) is 48.9 Å². The average molecular weight is 359 g/mol. The highest BCUT2D eigenvalue weighted by atomic mass is 16.5. The molecular weight excluding hydrogens is 338 g/mol. The number of hydrogen-bond donors (Lipinski definition) is 1. The third-order valence-corrected chi connectivity index (χ3v) is 5.24. The monoisotopic (exact) mass is 359 g/mol. The largest absolute Gasteiger partial charge is 0.497 e. The quantitative estimate of drug-likeness (QED) is 0.604. The van der Waals surface area contributed by atoms with Crippen molar-refractivity contribution >= 4 is 27.8 Å². The van der Waals surface area contributed by atoms with Crippen LogP contribution in [0.5, 0.6) is 5.75 Å². The molecule has 0 fully saturated rings. The molecule has 4 heterocycles. The van der Waals surface area contributed by atoms with Gasteiger partial charge >= 0.3 is 0 Å². The zero-order chi connectivity index (χ0) is 18.4. The Hall–Kier alpha value is -3.28. The van der Waals surface area contributed by atoms with Gasteiger partial charge in [-0.15, -0.1) is 0 Å². The van der Waals surface area contributed by atoms with Gasteiger partial charge in [-0.05, 0) is 43.2 Å². The van der Waals surface area contributed by atoms with Gasteiger partial charge in [-0.25, -0.2) is 9.50 Å². The molecule has 4 aromatic rings. The third-order valence-electron chi connectivity index (χ3n) is 5.24. The first-order valence-electron chi connectivity index (χ1n) is 9.13. The van der Waals surface area contributed by atoms with E-state index in [0.29, 0.717) is 0 Å². The number of rotatable bonds is 3. The molecule has 1 aliphatic heterocycles. The van der Waals surface area contributed by atoms with Crippen molar-refractivity contribution in [1.82, 2.24) is 19.6 Å². The summed E-state index contributed by atoms with van der Waals surface area (Å²) in [5.41, 5.74) is 5.82. The van der Waals surface area contributed by atoms with Gasteiger partial charge in [0.2, 0.25) is 0 Å². The number of nitrogens with zero attached hydrogens (tertiary/aromatic N) is 4. The lowest BCUT2D eigenvalue weighted by Gasteiger charge is -2.27. The summed E-state index contributed by atoms with van der Waals surface area (Å²) in [5, 5.41) is 5.70. The Morgan fingerprint density at radius 1 is 1.22 bits per heavy atom. The Morgan fingerprint density at radius 2 is 2.15 bits per heavy atom. The Kier molecular flexibility index (Phi) is 3.63. The predicted octanol–water partition coefficient (Wildman–Crippen LogP) is 3.82. The summed E-state index contributed by atoms with van der Waals surface area (Å²) < 4.78 is 7.30. The molecule has 0 unspecified atom stereocenters. The van der Waals surface area contributed by atoms with E-state index in [0.717, 1.165) is 47.8 Å². The van der Waals surface area contributed by atoms with E-state index in [4.69, 9.17) is 4.74 Å². The number of H-pyrrole nitrogens is 1. The molecule has 0 bridgehead atoms. The van der Waals surface area contributed by atoms with Crippen molar-refractivity contribution in [3.63, 3.8) is 0 Å². The van der Waals surface area contributed by atoms with Crippen LogP contribution < -0.4 is 9.64 Å². The fourth-order valence-corrected chi connectivity index (χ4v) is 3.87. The van der Waals surface area contributed by atoms with Gasteiger partial charge < -0.3 is 14.6 Å². The zero-order valence-corrected chi connectivity index (χ0v) is 15.4. The maximum Gasteiger partial charge on any atom is 0.154 e. The van der Waals surface area contributed by atoms with E-state index in [1.165, 1.54) is 16.5 Å². The summed E-state index contributed by atoms with van der Waals surface area (Å²) in [4.78, 5) is 10.3. The number of nitrogens with one attached hydrogen (secondary N) is 1. The maximum atomic E-state index is 5.39. The second-order valence-corrected chi connectivity index (χ2v) is 6.91. The van der Waals surface area contributed by atoms with Crippen molar-refractivity contribution < 1.29 is 4.74 Å². The summed E-state index contributed by atoms with van der Waals surface area (Å²) in [6.07, 6.45) is 9.10. The number of anilines is 1. The van der Waals surface area contributed by atoms with Gasteiger partial charge in [0.25, 0.3) is 0 Å². The molecule has 0 aliphatic carbocycles. The van der Waals surface area contributed by atoms with Gasteiger partial charge in [0.05, 0.1) is 12.8 Å². The van der Waals surface area contributed by atoms with Crippen LogP contribution in [0.2, 0.25) is 0 Å². The first-order chi connectivity index (χ1) is 13.2. The second kappa shape index (κ2) is 6.16. The van der Waals surface area contributed by atoms with Crippen LogP contribution in [-0.2, 0) is 0 Å². The normalized spacial score (nSPS) is 14.7. The van der Waals surface area contributed by atoms with E-state index in [2.05, 4.69) is 50.4 Å². The molecular formula is C21H21N5O. The van der Waals surface area contributed by atoms with Crippen LogP contribution in [0.3, 0.4) is 0 Å². The highest BCUT2D eigenvalue weighted by Gasteiger charge is 2.19. The number of benzene rings is 1. The number of aromatic amines is 1. The minimum Gasteiger partial charge on any atom is -0.497 e. The Bertz CT molecular complexity index is 1170. The Balaban J connectivity index is 1.48. The van der Waals surface area contributed by atoms with E-state index in [1.807, 2.05) is 29.9 Å². The summed E-state index contributed by atoms with van der Waals surface area (Å²) in [6, 6.07) is 8.25. The second-order valence-electron chi connectivity index (χ2n) is 6.91. The molecule has 1 N–H and O–H groups in total. The average Bonchev–Trinajstić information content (AvgIpc) is 3.29. The minimum atomic E-state index is 0.836. The van der Waals surface area contributed by atoms with E-state index < -0.39 is 0 Å². The SMILES string of the molecule is COc1ccc2[nH]cc(C3=CCN(c4nccn5nc(C)cc45)CC3)c2c1. The Labute approximate surface area is 157 Å². The molecule has 0 radical (unpaired) electrons. The number of fused-ring (bicyclic) bond motifs is 2. The molecule has 0 atom stereocenters. The van der Waals surface area contributed by atoms with Crippen LogP contribution in [0.4, 0.5) is 5.82 Å². The molecule has 27 heavy (non-hydrogen) atoms. The summed E-state index contributed by atoms with van der Waals surface area (Å²) in [6.45, 7) is 3.78. The first kappa shape index (κ1) is 15.9. The van der Waals surface area contributed by atoms with Gasteiger partial charge in [-0.1, -0.05) is 6.08 Å². The molecule has 6 heteroatoms. The zero-order valence-electron chi connectivity index (χ0n) is 15.4. The third kappa shape index (κ3) is 2.65. The van der Waals surface area contributed by atoms with Crippen LogP contribution in [-0.4, -0.2) is 39.8 Å².